The highest BCUT2D eigenvalue weighted by molar-refractivity contribution is 6.08. The fourth-order valence-electron chi connectivity index (χ4n) is 4.69. The molecule has 1 saturated heterocycles. The van der Waals surface area contributed by atoms with Crippen molar-refractivity contribution < 1.29 is 28.7 Å². The van der Waals surface area contributed by atoms with Crippen molar-refractivity contribution in [1.82, 2.24) is 4.90 Å². The number of carbonyl (C=O) groups excluding carboxylic acids is 4. The molecule has 158 valence electrons. The van der Waals surface area contributed by atoms with Crippen molar-refractivity contribution in [3.63, 3.8) is 0 Å². The molecular weight excluding hydrogens is 374 g/mol. The van der Waals surface area contributed by atoms with Crippen molar-refractivity contribution in [3.05, 3.63) is 24.3 Å². The summed E-state index contributed by atoms with van der Waals surface area (Å²) in [6, 6.07) is -1.08. The Balaban J connectivity index is 1.84. The average molecular weight is 403 g/mol. The number of amides is 2. The van der Waals surface area contributed by atoms with Gasteiger partial charge in [-0.1, -0.05) is 39.3 Å². The summed E-state index contributed by atoms with van der Waals surface area (Å²) in [5.74, 6) is -0.349. The molecule has 29 heavy (non-hydrogen) atoms. The smallest absolute Gasteiger partial charge is 0.417 e. The fourth-order valence-corrected chi connectivity index (χ4v) is 4.69. The van der Waals surface area contributed by atoms with Gasteiger partial charge in [0.1, 0.15) is 12.1 Å². The lowest BCUT2D eigenvalue weighted by molar-refractivity contribution is -0.162. The molecule has 2 fully saturated rings. The Labute approximate surface area is 171 Å². The van der Waals surface area contributed by atoms with Crippen LogP contribution in [-0.4, -0.2) is 47.9 Å². The van der Waals surface area contributed by atoms with E-state index >= 15 is 0 Å². The molecule has 2 amide bonds. The van der Waals surface area contributed by atoms with Crippen LogP contribution in [0.15, 0.2) is 24.3 Å². The minimum atomic E-state index is -1.21. The first-order chi connectivity index (χ1) is 13.7. The lowest BCUT2D eigenvalue weighted by atomic mass is 9.75. The number of imide groups is 1. The third kappa shape index (κ3) is 4.00. The number of allylic oxidation sites excluding steroid dienone is 2. The van der Waals surface area contributed by atoms with Crippen LogP contribution in [0.5, 0.6) is 0 Å². The highest BCUT2D eigenvalue weighted by atomic mass is 16.6. The van der Waals surface area contributed by atoms with Gasteiger partial charge in [0.15, 0.2) is 5.78 Å². The van der Waals surface area contributed by atoms with Gasteiger partial charge in [-0.3, -0.25) is 9.59 Å². The number of ketones is 1. The van der Waals surface area contributed by atoms with Crippen LogP contribution in [0, 0.1) is 23.2 Å². The van der Waals surface area contributed by atoms with Crippen LogP contribution < -0.4 is 0 Å². The number of carbonyl (C=O) groups is 4. The van der Waals surface area contributed by atoms with Gasteiger partial charge in [-0.05, 0) is 42.7 Å². The molecule has 0 aromatic rings. The number of ether oxygens (including phenoxy) is 2. The van der Waals surface area contributed by atoms with Crippen molar-refractivity contribution >= 4 is 23.8 Å². The topological polar surface area (TPSA) is 90.0 Å². The van der Waals surface area contributed by atoms with Crippen LogP contribution >= 0.6 is 0 Å². The molecule has 0 unspecified atom stereocenters. The summed E-state index contributed by atoms with van der Waals surface area (Å²) in [5, 5.41) is 0. The Bertz CT molecular complexity index is 751. The molecule has 2 aliphatic carbocycles. The summed E-state index contributed by atoms with van der Waals surface area (Å²) in [4.78, 5) is 50.8. The Hall–Kier alpha value is -2.44. The first-order valence-corrected chi connectivity index (χ1v) is 10.2. The van der Waals surface area contributed by atoms with Gasteiger partial charge in [-0.25, -0.2) is 14.5 Å². The van der Waals surface area contributed by atoms with Gasteiger partial charge in [-0.2, -0.15) is 0 Å². The van der Waals surface area contributed by atoms with Gasteiger partial charge in [0.05, 0.1) is 12.5 Å². The molecule has 1 heterocycles. The third-order valence-corrected chi connectivity index (χ3v) is 6.42. The maximum Gasteiger partial charge on any atom is 0.417 e. The zero-order valence-electron chi connectivity index (χ0n) is 17.4. The summed E-state index contributed by atoms with van der Waals surface area (Å²) in [7, 11) is 1.16. The van der Waals surface area contributed by atoms with Gasteiger partial charge in [0.25, 0.3) is 0 Å². The SMILES string of the molecule is COC(=O)N1C(=O)C2(C=CC(=O)C=C2)C[C@H]1C(=O)O[C@H]1C[C@@H](C)CC[C@@H]1C(C)C. The third-order valence-electron chi connectivity index (χ3n) is 6.42. The second kappa shape index (κ2) is 8.13. The van der Waals surface area contributed by atoms with E-state index in [0.717, 1.165) is 31.3 Å². The van der Waals surface area contributed by atoms with Gasteiger partial charge in [-0.15, -0.1) is 0 Å². The number of nitrogens with zero attached hydrogens (tertiary/aromatic N) is 1. The van der Waals surface area contributed by atoms with Crippen LogP contribution in [0.4, 0.5) is 4.79 Å². The molecule has 0 aromatic heterocycles. The molecule has 0 aromatic carbocycles. The van der Waals surface area contributed by atoms with E-state index in [4.69, 9.17) is 9.47 Å². The first kappa shape index (κ1) is 21.3. The second-order valence-electron chi connectivity index (χ2n) is 8.78. The van der Waals surface area contributed by atoms with Gasteiger partial charge in [0.2, 0.25) is 5.91 Å². The summed E-state index contributed by atoms with van der Waals surface area (Å²) >= 11 is 0. The summed E-state index contributed by atoms with van der Waals surface area (Å²) in [5.41, 5.74) is -1.21. The number of esters is 1. The lowest BCUT2D eigenvalue weighted by Crippen LogP contribution is -2.46. The van der Waals surface area contributed by atoms with Crippen LogP contribution in [-0.2, 0) is 23.9 Å². The zero-order chi connectivity index (χ0) is 21.3. The number of hydrogen-bond donors (Lipinski definition) is 0. The van der Waals surface area contributed by atoms with Crippen molar-refractivity contribution in [3.8, 4) is 0 Å². The van der Waals surface area contributed by atoms with Crippen molar-refractivity contribution in [2.45, 2.75) is 58.6 Å². The Morgan fingerprint density at radius 1 is 1.17 bits per heavy atom. The minimum Gasteiger partial charge on any atom is -0.461 e. The Kier molecular flexibility index (Phi) is 5.96. The predicted molar refractivity (Wildman–Crippen MR) is 105 cm³/mol. The molecule has 0 N–H and O–H groups in total. The van der Waals surface area contributed by atoms with Crippen molar-refractivity contribution in [2.24, 2.45) is 23.2 Å². The highest BCUT2D eigenvalue weighted by Crippen LogP contribution is 2.42. The summed E-state index contributed by atoms with van der Waals surface area (Å²) in [6.07, 6.45) is 7.25. The monoisotopic (exact) mass is 403 g/mol. The van der Waals surface area contributed by atoms with E-state index in [0.29, 0.717) is 11.8 Å². The standard InChI is InChI=1S/C22H29NO6/c1-13(2)16-6-5-14(3)11-18(16)29-19(25)17-12-22(9-7-15(24)8-10-22)20(26)23(17)21(27)28-4/h7-10,13-14,16-18H,5-6,11-12H2,1-4H3/t14-,16+,17-,18-/m0/s1. The van der Waals surface area contributed by atoms with E-state index < -0.39 is 29.4 Å². The molecule has 1 saturated carbocycles. The maximum atomic E-state index is 13.1. The number of hydrogen-bond acceptors (Lipinski definition) is 6. The molecule has 0 bridgehead atoms. The average Bonchev–Trinajstić information content (AvgIpc) is 2.96. The van der Waals surface area contributed by atoms with E-state index in [1.807, 2.05) is 0 Å². The van der Waals surface area contributed by atoms with Gasteiger partial charge >= 0.3 is 12.1 Å². The predicted octanol–water partition coefficient (Wildman–Crippen LogP) is 3.04. The van der Waals surface area contributed by atoms with Crippen LogP contribution in [0.25, 0.3) is 0 Å². The van der Waals surface area contributed by atoms with Crippen LogP contribution in [0.3, 0.4) is 0 Å². The minimum absolute atomic E-state index is 0.0364. The molecular formula is C22H29NO6. The molecule has 7 nitrogen and oxygen atoms in total. The van der Waals surface area contributed by atoms with E-state index in [1.54, 1.807) is 0 Å². The Morgan fingerprint density at radius 2 is 1.83 bits per heavy atom. The number of methoxy groups -OCH3 is 1. The van der Waals surface area contributed by atoms with E-state index in [2.05, 4.69) is 20.8 Å². The molecule has 3 rings (SSSR count). The van der Waals surface area contributed by atoms with Crippen LogP contribution in [0.2, 0.25) is 0 Å². The second-order valence-corrected chi connectivity index (χ2v) is 8.78. The molecule has 1 spiro atoms. The molecule has 3 aliphatic rings. The Morgan fingerprint density at radius 3 is 2.41 bits per heavy atom. The normalized spacial score (nSPS) is 30.9. The van der Waals surface area contributed by atoms with E-state index in [9.17, 15) is 19.2 Å². The van der Waals surface area contributed by atoms with Gasteiger partial charge < -0.3 is 9.47 Å². The van der Waals surface area contributed by atoms with E-state index in [-0.39, 0.29) is 24.2 Å². The van der Waals surface area contributed by atoms with E-state index in [1.165, 1.54) is 24.3 Å². The largest absolute Gasteiger partial charge is 0.461 e. The summed E-state index contributed by atoms with van der Waals surface area (Å²) in [6.45, 7) is 6.37. The van der Waals surface area contributed by atoms with Crippen molar-refractivity contribution in [1.29, 1.82) is 0 Å². The molecule has 7 heteroatoms. The van der Waals surface area contributed by atoms with Crippen LogP contribution in [0.1, 0.15) is 46.5 Å². The number of rotatable bonds is 3. The van der Waals surface area contributed by atoms with Gasteiger partial charge in [0, 0.05) is 6.42 Å². The molecule has 0 radical (unpaired) electrons. The molecule has 4 atom stereocenters. The lowest BCUT2D eigenvalue weighted by Gasteiger charge is -2.37. The quantitative estimate of drug-likeness (QED) is 0.673. The maximum absolute atomic E-state index is 13.1. The van der Waals surface area contributed by atoms with Crippen molar-refractivity contribution in [2.75, 3.05) is 7.11 Å². The number of likely N-dealkylation sites (tertiary alicyclic amines) is 1. The highest BCUT2D eigenvalue weighted by Gasteiger charge is 2.56. The zero-order valence-corrected chi connectivity index (χ0v) is 17.4. The first-order valence-electron chi connectivity index (χ1n) is 10.2. The fraction of sp³-hybridized carbons (Fsp3) is 0.636. The summed E-state index contributed by atoms with van der Waals surface area (Å²) < 4.78 is 10.6. The molecule has 1 aliphatic heterocycles.